The quantitative estimate of drug-likeness (QED) is 0.743. The summed E-state index contributed by atoms with van der Waals surface area (Å²) < 4.78 is 7.12. The number of aromatic carboxylic acids is 1. The summed E-state index contributed by atoms with van der Waals surface area (Å²) in [5.41, 5.74) is 2.84. The van der Waals surface area contributed by atoms with E-state index in [0.29, 0.717) is 23.6 Å². The lowest BCUT2D eigenvalue weighted by atomic mass is 10.1. The molecule has 1 aliphatic rings. The summed E-state index contributed by atoms with van der Waals surface area (Å²) in [7, 11) is 0. The molecule has 4 rings (SSSR count). The van der Waals surface area contributed by atoms with E-state index in [-0.39, 0.29) is 17.5 Å². The lowest BCUT2D eigenvalue weighted by Crippen LogP contribution is -2.29. The van der Waals surface area contributed by atoms with Crippen LogP contribution in [0.15, 0.2) is 54.7 Å². The Morgan fingerprint density at radius 3 is 2.63 bits per heavy atom. The molecule has 0 bridgehead atoms. The Labute approximate surface area is 155 Å². The van der Waals surface area contributed by atoms with Crippen LogP contribution in [0.1, 0.15) is 38.0 Å². The van der Waals surface area contributed by atoms with Crippen LogP contribution in [-0.2, 0) is 0 Å². The van der Waals surface area contributed by atoms with Gasteiger partial charge in [-0.05, 0) is 37.3 Å². The van der Waals surface area contributed by atoms with E-state index in [1.54, 1.807) is 31.2 Å². The summed E-state index contributed by atoms with van der Waals surface area (Å²) in [6, 6.07) is 14.3. The zero-order valence-electron chi connectivity index (χ0n) is 14.5. The van der Waals surface area contributed by atoms with Gasteiger partial charge in [-0.2, -0.15) is 5.10 Å². The van der Waals surface area contributed by atoms with Crippen LogP contribution in [-0.4, -0.2) is 33.4 Å². The molecule has 2 aromatic carbocycles. The Morgan fingerprint density at radius 1 is 1.19 bits per heavy atom. The van der Waals surface area contributed by atoms with Crippen molar-refractivity contribution in [1.29, 1.82) is 0 Å². The summed E-state index contributed by atoms with van der Waals surface area (Å²) in [5, 5.41) is 16.2. The molecule has 0 spiro atoms. The van der Waals surface area contributed by atoms with Crippen LogP contribution < -0.4 is 10.1 Å². The largest absolute Gasteiger partial charge is 0.491 e. The fourth-order valence-corrected chi connectivity index (χ4v) is 3.16. The van der Waals surface area contributed by atoms with Gasteiger partial charge in [0.2, 0.25) is 0 Å². The molecule has 0 aliphatic carbocycles. The minimum Gasteiger partial charge on any atom is -0.491 e. The summed E-state index contributed by atoms with van der Waals surface area (Å²) >= 11 is 0. The van der Waals surface area contributed by atoms with Crippen molar-refractivity contribution in [3.63, 3.8) is 0 Å². The third-order valence-electron chi connectivity index (χ3n) is 4.62. The number of benzene rings is 2. The molecule has 136 valence electrons. The van der Waals surface area contributed by atoms with E-state index in [0.717, 1.165) is 11.3 Å². The fraction of sp³-hybridized carbons (Fsp3) is 0.150. The highest BCUT2D eigenvalue weighted by Crippen LogP contribution is 2.31. The van der Waals surface area contributed by atoms with E-state index >= 15 is 0 Å². The van der Waals surface area contributed by atoms with Gasteiger partial charge in [0.25, 0.3) is 5.91 Å². The maximum absolute atomic E-state index is 12.6. The van der Waals surface area contributed by atoms with Gasteiger partial charge >= 0.3 is 5.97 Å². The second kappa shape index (κ2) is 6.60. The third kappa shape index (κ3) is 3.03. The Balaban J connectivity index is 1.51. The number of carboxylic acid groups (broad SMARTS) is 1. The van der Waals surface area contributed by atoms with Gasteiger partial charge in [-0.15, -0.1) is 0 Å². The number of rotatable bonds is 4. The molecular formula is C20H17N3O4. The molecule has 2 N–H and O–H groups in total. The number of nitrogens with zero attached hydrogens (tertiary/aromatic N) is 2. The number of ether oxygens (including phenoxy) is 1. The first-order valence-corrected chi connectivity index (χ1v) is 8.45. The van der Waals surface area contributed by atoms with Crippen molar-refractivity contribution in [2.24, 2.45) is 0 Å². The monoisotopic (exact) mass is 363 g/mol. The van der Waals surface area contributed by atoms with E-state index in [1.165, 1.54) is 10.9 Å². The number of nitrogens with one attached hydrogen (secondary N) is 1. The first kappa shape index (κ1) is 16.8. The Hall–Kier alpha value is -3.61. The maximum atomic E-state index is 12.6. The van der Waals surface area contributed by atoms with E-state index in [9.17, 15) is 9.59 Å². The highest BCUT2D eigenvalue weighted by atomic mass is 16.5. The van der Waals surface area contributed by atoms with Crippen molar-refractivity contribution in [3.8, 4) is 11.4 Å². The molecule has 1 amide bonds. The topological polar surface area (TPSA) is 93.5 Å². The zero-order valence-corrected chi connectivity index (χ0v) is 14.5. The molecule has 0 saturated carbocycles. The van der Waals surface area contributed by atoms with E-state index < -0.39 is 5.97 Å². The molecule has 1 unspecified atom stereocenters. The number of hydrogen-bond donors (Lipinski definition) is 2. The average Bonchev–Trinajstić information content (AvgIpc) is 3.26. The number of para-hydroxylation sites is 1. The summed E-state index contributed by atoms with van der Waals surface area (Å²) in [6.45, 7) is 2.10. The van der Waals surface area contributed by atoms with Crippen LogP contribution >= 0.6 is 0 Å². The highest BCUT2D eigenvalue weighted by Gasteiger charge is 2.25. The van der Waals surface area contributed by atoms with Gasteiger partial charge in [-0.1, -0.05) is 18.2 Å². The van der Waals surface area contributed by atoms with Crippen molar-refractivity contribution >= 4 is 11.9 Å². The van der Waals surface area contributed by atoms with Gasteiger partial charge < -0.3 is 15.2 Å². The summed E-state index contributed by atoms with van der Waals surface area (Å²) in [6.07, 6.45) is 1.32. The molecule has 0 saturated heterocycles. The number of hydrogen-bond acceptors (Lipinski definition) is 4. The Kier molecular flexibility index (Phi) is 4.12. The van der Waals surface area contributed by atoms with Crippen molar-refractivity contribution in [2.75, 3.05) is 6.61 Å². The number of carbonyl (C=O) groups is 2. The van der Waals surface area contributed by atoms with Gasteiger partial charge in [0.1, 0.15) is 17.9 Å². The van der Waals surface area contributed by atoms with Crippen molar-refractivity contribution < 1.29 is 19.4 Å². The number of carboxylic acids is 1. The predicted molar refractivity (Wildman–Crippen MR) is 97.4 cm³/mol. The molecule has 1 aliphatic heterocycles. The average molecular weight is 363 g/mol. The standard InChI is InChI=1S/C20H17N3O4/c1-12-16(20(25)26)10-21-23(12)14-8-6-13(7-9-14)19(24)22-17-11-27-18-5-3-2-4-15(17)18/h2-10,17H,11H2,1H3,(H,22,24)(H,25,26). The van der Waals surface area contributed by atoms with Gasteiger partial charge in [-0.3, -0.25) is 4.79 Å². The number of fused-ring (bicyclic) bond motifs is 1. The van der Waals surface area contributed by atoms with Crippen LogP contribution in [0, 0.1) is 6.92 Å². The van der Waals surface area contributed by atoms with E-state index in [2.05, 4.69) is 10.4 Å². The second-order valence-corrected chi connectivity index (χ2v) is 6.28. The van der Waals surface area contributed by atoms with Gasteiger partial charge in [0.05, 0.1) is 23.6 Å². The number of carbonyl (C=O) groups excluding carboxylic acids is 1. The van der Waals surface area contributed by atoms with Gasteiger partial charge in [0.15, 0.2) is 0 Å². The molecule has 0 radical (unpaired) electrons. The summed E-state index contributed by atoms with van der Waals surface area (Å²) in [5.74, 6) is -0.425. The zero-order chi connectivity index (χ0) is 19.0. The molecule has 3 aromatic rings. The van der Waals surface area contributed by atoms with Crippen molar-refractivity contribution in [3.05, 3.63) is 77.1 Å². The molecule has 7 heteroatoms. The van der Waals surface area contributed by atoms with E-state index in [4.69, 9.17) is 9.84 Å². The first-order chi connectivity index (χ1) is 13.0. The van der Waals surface area contributed by atoms with Crippen LogP contribution in [0.5, 0.6) is 5.75 Å². The first-order valence-electron chi connectivity index (χ1n) is 8.45. The lowest BCUT2D eigenvalue weighted by molar-refractivity contribution is 0.0695. The molecule has 27 heavy (non-hydrogen) atoms. The van der Waals surface area contributed by atoms with Gasteiger partial charge in [-0.25, -0.2) is 9.48 Å². The molecular weight excluding hydrogens is 346 g/mol. The molecule has 1 atom stereocenters. The van der Waals surface area contributed by atoms with Crippen LogP contribution in [0.2, 0.25) is 0 Å². The van der Waals surface area contributed by atoms with Crippen LogP contribution in [0.3, 0.4) is 0 Å². The smallest absolute Gasteiger partial charge is 0.339 e. The van der Waals surface area contributed by atoms with Crippen LogP contribution in [0.25, 0.3) is 5.69 Å². The summed E-state index contributed by atoms with van der Waals surface area (Å²) in [4.78, 5) is 23.7. The highest BCUT2D eigenvalue weighted by molar-refractivity contribution is 5.94. The molecule has 1 aromatic heterocycles. The minimum absolute atomic E-state index is 0.150. The molecule has 0 fully saturated rings. The molecule has 7 nitrogen and oxygen atoms in total. The minimum atomic E-state index is -1.02. The second-order valence-electron chi connectivity index (χ2n) is 6.28. The maximum Gasteiger partial charge on any atom is 0.339 e. The SMILES string of the molecule is Cc1c(C(=O)O)cnn1-c1ccc(C(=O)NC2COc3ccccc32)cc1. The van der Waals surface area contributed by atoms with E-state index in [1.807, 2.05) is 24.3 Å². The Bertz CT molecular complexity index is 1020. The normalized spacial score (nSPS) is 15.1. The fourth-order valence-electron chi connectivity index (χ4n) is 3.16. The Morgan fingerprint density at radius 2 is 1.93 bits per heavy atom. The van der Waals surface area contributed by atoms with Crippen molar-refractivity contribution in [2.45, 2.75) is 13.0 Å². The molecule has 2 heterocycles. The number of amides is 1. The lowest BCUT2D eigenvalue weighted by Gasteiger charge is -2.12. The van der Waals surface area contributed by atoms with Crippen molar-refractivity contribution in [1.82, 2.24) is 15.1 Å². The number of aromatic nitrogens is 2. The predicted octanol–water partition coefficient (Wildman–Crippen LogP) is 2.74. The van der Waals surface area contributed by atoms with Crippen LogP contribution in [0.4, 0.5) is 0 Å². The van der Waals surface area contributed by atoms with Gasteiger partial charge in [0, 0.05) is 11.1 Å². The third-order valence-corrected chi connectivity index (χ3v) is 4.62.